The van der Waals surface area contributed by atoms with E-state index in [0.29, 0.717) is 5.75 Å². The molecular formula is C14H11F2NO2. The molecule has 5 heteroatoms. The van der Waals surface area contributed by atoms with E-state index >= 15 is 0 Å². The van der Waals surface area contributed by atoms with Crippen molar-refractivity contribution in [3.8, 4) is 11.5 Å². The average molecular weight is 263 g/mol. The summed E-state index contributed by atoms with van der Waals surface area (Å²) < 4.78 is 29.2. The minimum absolute atomic E-state index is 0.0222. The van der Waals surface area contributed by atoms with Gasteiger partial charge < -0.3 is 9.84 Å². The fraction of sp³-hybridized carbons (Fsp3) is 0.0714. The molecule has 0 aliphatic carbocycles. The molecule has 19 heavy (non-hydrogen) atoms. The van der Waals surface area contributed by atoms with Gasteiger partial charge in [-0.15, -0.1) is 0 Å². The summed E-state index contributed by atoms with van der Waals surface area (Å²) >= 11 is 0. The van der Waals surface area contributed by atoms with Gasteiger partial charge in [-0.2, -0.15) is 0 Å². The second kappa shape index (κ2) is 7.67. The van der Waals surface area contributed by atoms with Gasteiger partial charge in [0.2, 0.25) is 0 Å². The molecule has 0 saturated carbocycles. The molecule has 0 fully saturated rings. The number of halogens is 2. The van der Waals surface area contributed by atoms with E-state index in [4.69, 9.17) is 16.4 Å². The van der Waals surface area contributed by atoms with Crippen molar-refractivity contribution in [1.29, 1.82) is 0 Å². The highest BCUT2D eigenvalue weighted by Gasteiger charge is 1.93. The number of aromatic hydroxyl groups is 1. The summed E-state index contributed by atoms with van der Waals surface area (Å²) in [6.07, 6.45) is 0. The van der Waals surface area contributed by atoms with Crippen LogP contribution < -0.4 is 4.74 Å². The number of phenolic OH excluding ortho intramolecular Hbond substituents is 1. The summed E-state index contributed by atoms with van der Waals surface area (Å²) in [4.78, 5) is 2.99. The van der Waals surface area contributed by atoms with Crippen molar-refractivity contribution >= 4 is 0 Å². The SMILES string of the molecule is Oc1ccc(F)cc1.[C-]#[N+]COc1ccc(F)cc1. The normalized spacial score (nSPS) is 8.89. The molecule has 2 aromatic rings. The monoisotopic (exact) mass is 263 g/mol. The van der Waals surface area contributed by atoms with Gasteiger partial charge >= 0.3 is 6.73 Å². The number of hydrogen-bond donors (Lipinski definition) is 1. The zero-order valence-corrected chi connectivity index (χ0v) is 9.88. The second-order valence-electron chi connectivity index (χ2n) is 3.36. The topological polar surface area (TPSA) is 33.8 Å². The highest BCUT2D eigenvalue weighted by atomic mass is 19.1. The van der Waals surface area contributed by atoms with Crippen LogP contribution in [-0.2, 0) is 0 Å². The van der Waals surface area contributed by atoms with Crippen molar-refractivity contribution in [1.82, 2.24) is 0 Å². The zero-order chi connectivity index (χ0) is 14.1. The lowest BCUT2D eigenvalue weighted by Gasteiger charge is -1.96. The number of rotatable bonds is 2. The number of hydrogen-bond acceptors (Lipinski definition) is 2. The first-order chi connectivity index (χ1) is 9.11. The Kier molecular flexibility index (Phi) is 5.83. The van der Waals surface area contributed by atoms with Crippen LogP contribution in [0, 0.1) is 18.2 Å². The van der Waals surface area contributed by atoms with Crippen molar-refractivity contribution in [3.05, 3.63) is 71.6 Å². The maximum absolute atomic E-state index is 12.3. The minimum Gasteiger partial charge on any atom is -0.508 e. The van der Waals surface area contributed by atoms with Gasteiger partial charge in [0.15, 0.2) is 0 Å². The maximum Gasteiger partial charge on any atom is 0.357 e. The van der Waals surface area contributed by atoms with Crippen molar-refractivity contribution in [3.63, 3.8) is 0 Å². The van der Waals surface area contributed by atoms with E-state index < -0.39 is 0 Å². The third-order valence-corrected chi connectivity index (χ3v) is 1.94. The summed E-state index contributed by atoms with van der Waals surface area (Å²) in [5.74, 6) is -0.0308. The van der Waals surface area contributed by atoms with Crippen LogP contribution >= 0.6 is 0 Å². The highest BCUT2D eigenvalue weighted by molar-refractivity contribution is 5.22. The third kappa shape index (κ3) is 6.03. The van der Waals surface area contributed by atoms with Gasteiger partial charge in [0, 0.05) is 0 Å². The molecule has 0 unspecified atom stereocenters. The summed E-state index contributed by atoms with van der Waals surface area (Å²) in [5.41, 5.74) is 0. The molecule has 0 bridgehead atoms. The minimum atomic E-state index is -0.331. The van der Waals surface area contributed by atoms with Crippen LogP contribution in [0.25, 0.3) is 4.85 Å². The van der Waals surface area contributed by atoms with Crippen LogP contribution in [0.2, 0.25) is 0 Å². The molecule has 0 atom stereocenters. The Labute approximate surface area is 109 Å². The highest BCUT2D eigenvalue weighted by Crippen LogP contribution is 2.10. The van der Waals surface area contributed by atoms with Crippen molar-refractivity contribution in [2.45, 2.75) is 0 Å². The molecule has 0 heterocycles. The van der Waals surface area contributed by atoms with E-state index in [1.807, 2.05) is 0 Å². The molecule has 98 valence electrons. The standard InChI is InChI=1S/C8H6FNO.C6H5FO/c1-10-6-11-8-4-2-7(9)3-5-8;7-5-1-3-6(8)4-2-5/h2-5H,6H2;1-4,8H. The number of phenols is 1. The van der Waals surface area contributed by atoms with Crippen LogP contribution in [0.4, 0.5) is 8.78 Å². The summed E-state index contributed by atoms with van der Waals surface area (Å²) in [7, 11) is 0. The van der Waals surface area contributed by atoms with E-state index in [2.05, 4.69) is 4.85 Å². The van der Waals surface area contributed by atoms with Crippen LogP contribution in [0.1, 0.15) is 0 Å². The molecule has 0 saturated heterocycles. The molecular weight excluding hydrogens is 252 g/mol. The van der Waals surface area contributed by atoms with Crippen molar-refractivity contribution in [2.75, 3.05) is 6.73 Å². The predicted molar refractivity (Wildman–Crippen MR) is 66.6 cm³/mol. The van der Waals surface area contributed by atoms with Gasteiger partial charge in [0.05, 0.1) is 0 Å². The summed E-state index contributed by atoms with van der Waals surface area (Å²) in [6, 6.07) is 10.6. The molecule has 2 rings (SSSR count). The first-order valence-electron chi connectivity index (χ1n) is 5.28. The predicted octanol–water partition coefficient (Wildman–Crippen LogP) is 3.61. The molecule has 0 spiro atoms. The first kappa shape index (κ1) is 14.5. The van der Waals surface area contributed by atoms with Crippen LogP contribution in [0.5, 0.6) is 11.5 Å². The molecule has 0 radical (unpaired) electrons. The number of benzene rings is 2. The largest absolute Gasteiger partial charge is 0.508 e. The van der Waals surface area contributed by atoms with Gasteiger partial charge in [0.1, 0.15) is 23.1 Å². The quantitative estimate of drug-likeness (QED) is 0.840. The van der Waals surface area contributed by atoms with Crippen LogP contribution in [0.15, 0.2) is 48.5 Å². The van der Waals surface area contributed by atoms with Crippen LogP contribution in [-0.4, -0.2) is 11.8 Å². The number of nitrogens with zero attached hydrogens (tertiary/aromatic N) is 1. The zero-order valence-electron chi connectivity index (χ0n) is 9.88. The van der Waals surface area contributed by atoms with Crippen molar-refractivity contribution < 1.29 is 18.6 Å². The second-order valence-corrected chi connectivity index (χ2v) is 3.36. The first-order valence-corrected chi connectivity index (χ1v) is 5.28. The van der Waals surface area contributed by atoms with Gasteiger partial charge in [-0.05, 0) is 48.5 Å². The molecule has 0 aliphatic rings. The molecule has 0 amide bonds. The Bertz CT molecular complexity index is 512. The summed E-state index contributed by atoms with van der Waals surface area (Å²) in [5, 5.41) is 8.59. The van der Waals surface area contributed by atoms with Crippen LogP contribution in [0.3, 0.4) is 0 Å². The van der Waals surface area contributed by atoms with E-state index in [0.717, 1.165) is 0 Å². The lowest BCUT2D eigenvalue weighted by atomic mass is 10.3. The number of ether oxygens (including phenoxy) is 1. The lowest BCUT2D eigenvalue weighted by Crippen LogP contribution is -1.90. The fourth-order valence-corrected chi connectivity index (χ4v) is 1.08. The van der Waals surface area contributed by atoms with Gasteiger partial charge in [-0.25, -0.2) is 15.4 Å². The van der Waals surface area contributed by atoms with E-state index in [1.165, 1.54) is 48.5 Å². The van der Waals surface area contributed by atoms with E-state index in [9.17, 15) is 8.78 Å². The smallest absolute Gasteiger partial charge is 0.357 e. The molecule has 2 aromatic carbocycles. The Morgan fingerprint density at radius 1 is 0.947 bits per heavy atom. The van der Waals surface area contributed by atoms with Crippen molar-refractivity contribution in [2.24, 2.45) is 0 Å². The Morgan fingerprint density at radius 2 is 1.42 bits per heavy atom. The lowest BCUT2D eigenvalue weighted by molar-refractivity contribution is 0.360. The molecule has 0 aliphatic heterocycles. The van der Waals surface area contributed by atoms with Gasteiger partial charge in [-0.3, -0.25) is 4.85 Å². The average Bonchev–Trinajstić information content (AvgIpc) is 2.42. The molecule has 1 N–H and O–H groups in total. The molecule has 0 aromatic heterocycles. The Morgan fingerprint density at radius 3 is 1.84 bits per heavy atom. The fourth-order valence-electron chi connectivity index (χ4n) is 1.08. The van der Waals surface area contributed by atoms with Gasteiger partial charge in [-0.1, -0.05) is 0 Å². The molecule has 3 nitrogen and oxygen atoms in total. The third-order valence-electron chi connectivity index (χ3n) is 1.94. The Balaban J connectivity index is 0.000000200. The summed E-state index contributed by atoms with van der Waals surface area (Å²) in [6.45, 7) is 6.40. The Hall–Kier alpha value is -2.61. The maximum atomic E-state index is 12.3. The van der Waals surface area contributed by atoms with E-state index in [-0.39, 0.29) is 24.1 Å². The van der Waals surface area contributed by atoms with Gasteiger partial charge in [0.25, 0.3) is 0 Å². The van der Waals surface area contributed by atoms with E-state index in [1.54, 1.807) is 0 Å².